The number of amides is 1. The molecule has 0 saturated carbocycles. The third-order valence-corrected chi connectivity index (χ3v) is 5.36. The van der Waals surface area contributed by atoms with Crippen LogP contribution in [0.4, 0.5) is 5.82 Å². The first-order valence-electron chi connectivity index (χ1n) is 9.69. The summed E-state index contributed by atoms with van der Waals surface area (Å²) < 4.78 is 1.88. The van der Waals surface area contributed by atoms with Gasteiger partial charge in [-0.05, 0) is 12.8 Å². The van der Waals surface area contributed by atoms with E-state index >= 15 is 0 Å². The predicted octanol–water partition coefficient (Wildman–Crippen LogP) is 3.09. The molecule has 27 heavy (non-hydrogen) atoms. The van der Waals surface area contributed by atoms with Crippen LogP contribution in [0.2, 0.25) is 0 Å². The number of hydrogen-bond acceptors (Lipinski definition) is 6. The third kappa shape index (κ3) is 4.72. The molecule has 1 amide bonds. The zero-order valence-electron chi connectivity index (χ0n) is 16.9. The van der Waals surface area contributed by atoms with Gasteiger partial charge in [0.25, 0.3) is 0 Å². The number of carbonyl (C=O) groups is 1. The Morgan fingerprint density at radius 3 is 2.59 bits per heavy atom. The Bertz CT molecular complexity index is 804. The Labute approximate surface area is 165 Å². The second-order valence-electron chi connectivity index (χ2n) is 8.30. The Morgan fingerprint density at radius 2 is 1.96 bits per heavy atom. The van der Waals surface area contributed by atoms with E-state index in [4.69, 9.17) is 9.97 Å². The summed E-state index contributed by atoms with van der Waals surface area (Å²) >= 11 is 1.67. The average Bonchev–Trinajstić information content (AvgIpc) is 3.23. The highest BCUT2D eigenvalue weighted by Crippen LogP contribution is 2.30. The molecule has 0 unspecified atom stereocenters. The van der Waals surface area contributed by atoms with Crippen LogP contribution < -0.4 is 10.2 Å². The van der Waals surface area contributed by atoms with E-state index < -0.39 is 5.41 Å². The van der Waals surface area contributed by atoms with Crippen LogP contribution in [0.15, 0.2) is 11.4 Å². The number of nitrogens with one attached hydrogen (secondary N) is 1. The number of anilines is 1. The number of nitrogens with zero attached hydrogens (tertiary/aromatic N) is 5. The number of aromatic nitrogens is 4. The van der Waals surface area contributed by atoms with Crippen molar-refractivity contribution in [3.05, 3.63) is 6.20 Å². The van der Waals surface area contributed by atoms with E-state index in [2.05, 4.69) is 29.2 Å². The topological polar surface area (TPSA) is 75.9 Å². The molecular formula is C19H30N6OS. The van der Waals surface area contributed by atoms with Crippen LogP contribution in [0, 0.1) is 5.41 Å². The molecule has 2 aromatic rings. The van der Waals surface area contributed by atoms with Crippen molar-refractivity contribution in [3.8, 4) is 0 Å². The van der Waals surface area contributed by atoms with E-state index in [-0.39, 0.29) is 5.91 Å². The van der Waals surface area contributed by atoms with Crippen LogP contribution >= 0.6 is 11.8 Å². The van der Waals surface area contributed by atoms with E-state index in [0.717, 1.165) is 35.1 Å². The van der Waals surface area contributed by atoms with Crippen molar-refractivity contribution >= 4 is 34.5 Å². The quantitative estimate of drug-likeness (QED) is 0.603. The van der Waals surface area contributed by atoms with Gasteiger partial charge in [0.1, 0.15) is 5.82 Å². The first-order chi connectivity index (χ1) is 12.8. The molecule has 1 N–H and O–H groups in total. The van der Waals surface area contributed by atoms with Crippen molar-refractivity contribution in [2.75, 3.05) is 24.5 Å². The molecule has 1 aliphatic heterocycles. The molecule has 7 nitrogen and oxygen atoms in total. The summed E-state index contributed by atoms with van der Waals surface area (Å²) in [5.41, 5.74) is 0.457. The molecule has 0 aromatic carbocycles. The maximum absolute atomic E-state index is 12.1. The second kappa shape index (κ2) is 8.04. The fourth-order valence-corrected chi connectivity index (χ4v) is 3.76. The monoisotopic (exact) mass is 390 g/mol. The van der Waals surface area contributed by atoms with Crippen molar-refractivity contribution < 1.29 is 4.79 Å². The van der Waals surface area contributed by atoms with E-state index in [9.17, 15) is 4.79 Å². The Hall–Kier alpha value is -1.83. The van der Waals surface area contributed by atoms with Crippen LogP contribution in [0.5, 0.6) is 0 Å². The van der Waals surface area contributed by atoms with Crippen molar-refractivity contribution in [3.63, 3.8) is 0 Å². The van der Waals surface area contributed by atoms with Crippen molar-refractivity contribution in [2.45, 2.75) is 64.4 Å². The summed E-state index contributed by atoms with van der Waals surface area (Å²) in [5.74, 6) is 1.04. The van der Waals surface area contributed by atoms with Gasteiger partial charge in [0.2, 0.25) is 5.91 Å². The molecule has 2 aromatic heterocycles. The first-order valence-corrected chi connectivity index (χ1v) is 10.6. The summed E-state index contributed by atoms with van der Waals surface area (Å²) in [4.78, 5) is 24.0. The van der Waals surface area contributed by atoms with Gasteiger partial charge in [0.05, 0.1) is 18.1 Å². The van der Waals surface area contributed by atoms with E-state index in [0.29, 0.717) is 18.3 Å². The van der Waals surface area contributed by atoms with Gasteiger partial charge in [-0.2, -0.15) is 5.10 Å². The van der Waals surface area contributed by atoms with Gasteiger partial charge in [-0.1, -0.05) is 46.4 Å². The van der Waals surface area contributed by atoms with Gasteiger partial charge in [-0.3, -0.25) is 4.79 Å². The van der Waals surface area contributed by atoms with Crippen molar-refractivity contribution in [1.29, 1.82) is 0 Å². The summed E-state index contributed by atoms with van der Waals surface area (Å²) in [6.45, 7) is 13.2. The van der Waals surface area contributed by atoms with E-state index in [1.807, 2.05) is 31.6 Å². The minimum Gasteiger partial charge on any atom is -0.356 e. The SMILES string of the molecule is CC(C)Sc1nc(N2CCCC2)c2cnn(CCNC(=O)C(C)(C)C)c2n1. The smallest absolute Gasteiger partial charge is 0.225 e. The van der Waals surface area contributed by atoms with Crippen LogP contribution in [-0.2, 0) is 11.3 Å². The zero-order chi connectivity index (χ0) is 19.6. The van der Waals surface area contributed by atoms with E-state index in [1.165, 1.54) is 12.8 Å². The molecule has 0 spiro atoms. The lowest BCUT2D eigenvalue weighted by atomic mass is 9.96. The molecule has 8 heteroatoms. The van der Waals surface area contributed by atoms with E-state index in [1.54, 1.807) is 11.8 Å². The maximum Gasteiger partial charge on any atom is 0.225 e. The zero-order valence-corrected chi connectivity index (χ0v) is 17.8. The number of carbonyl (C=O) groups excluding carboxylic acids is 1. The van der Waals surface area contributed by atoms with Gasteiger partial charge in [0, 0.05) is 30.3 Å². The molecule has 0 bridgehead atoms. The number of rotatable bonds is 6. The van der Waals surface area contributed by atoms with Crippen LogP contribution in [0.25, 0.3) is 11.0 Å². The third-order valence-electron chi connectivity index (χ3n) is 4.49. The van der Waals surface area contributed by atoms with Crippen molar-refractivity contribution in [2.24, 2.45) is 5.41 Å². The van der Waals surface area contributed by atoms with Gasteiger partial charge in [-0.15, -0.1) is 0 Å². The summed E-state index contributed by atoms with van der Waals surface area (Å²) in [6, 6.07) is 0. The number of thioether (sulfide) groups is 1. The van der Waals surface area contributed by atoms with Gasteiger partial charge < -0.3 is 10.2 Å². The summed E-state index contributed by atoms with van der Waals surface area (Å²) in [5, 5.41) is 9.71. The van der Waals surface area contributed by atoms with Gasteiger partial charge in [0.15, 0.2) is 10.8 Å². The van der Waals surface area contributed by atoms with Gasteiger partial charge >= 0.3 is 0 Å². The second-order valence-corrected chi connectivity index (χ2v) is 9.85. The van der Waals surface area contributed by atoms with Gasteiger partial charge in [-0.25, -0.2) is 14.6 Å². The largest absolute Gasteiger partial charge is 0.356 e. The molecule has 0 aliphatic carbocycles. The highest BCUT2D eigenvalue weighted by atomic mass is 32.2. The number of hydrogen-bond donors (Lipinski definition) is 1. The van der Waals surface area contributed by atoms with Crippen molar-refractivity contribution in [1.82, 2.24) is 25.1 Å². The molecule has 1 saturated heterocycles. The first kappa shape index (κ1) is 19.9. The Morgan fingerprint density at radius 1 is 1.26 bits per heavy atom. The highest BCUT2D eigenvalue weighted by molar-refractivity contribution is 7.99. The maximum atomic E-state index is 12.1. The Kier molecular flexibility index (Phi) is 5.93. The minimum atomic E-state index is -0.391. The molecule has 1 aliphatic rings. The molecule has 0 radical (unpaired) electrons. The molecule has 1 fully saturated rings. The Balaban J connectivity index is 1.85. The fraction of sp³-hybridized carbons (Fsp3) is 0.684. The highest BCUT2D eigenvalue weighted by Gasteiger charge is 2.22. The standard InChI is InChI=1S/C19H30N6OS/c1-13(2)27-18-22-15(24-9-6-7-10-24)14-12-21-25(16(14)23-18)11-8-20-17(26)19(3,4)5/h12-13H,6-11H2,1-5H3,(H,20,26). The normalized spacial score (nSPS) is 15.1. The predicted molar refractivity (Wildman–Crippen MR) is 110 cm³/mol. The number of fused-ring (bicyclic) bond motifs is 1. The lowest BCUT2D eigenvalue weighted by Crippen LogP contribution is -2.36. The van der Waals surface area contributed by atoms with Crippen LogP contribution in [0.3, 0.4) is 0 Å². The summed E-state index contributed by atoms with van der Waals surface area (Å²) in [6.07, 6.45) is 4.26. The molecular weight excluding hydrogens is 360 g/mol. The fourth-order valence-electron chi connectivity index (χ4n) is 3.06. The molecule has 0 atom stereocenters. The summed E-state index contributed by atoms with van der Waals surface area (Å²) in [7, 11) is 0. The molecule has 3 heterocycles. The molecule has 3 rings (SSSR count). The minimum absolute atomic E-state index is 0.0439. The lowest BCUT2D eigenvalue weighted by Gasteiger charge is -2.19. The van der Waals surface area contributed by atoms with Crippen LogP contribution in [-0.4, -0.2) is 50.5 Å². The molecule has 148 valence electrons. The average molecular weight is 391 g/mol. The van der Waals surface area contributed by atoms with Crippen LogP contribution in [0.1, 0.15) is 47.5 Å². The lowest BCUT2D eigenvalue weighted by molar-refractivity contribution is -0.128.